The molecule has 0 spiro atoms. The number of carbonyl (C=O) groups is 1. The summed E-state index contributed by atoms with van der Waals surface area (Å²) in [5.41, 5.74) is 3.72. The summed E-state index contributed by atoms with van der Waals surface area (Å²) in [6, 6.07) is 15.8. The molecular formula is C21H20O3. The van der Waals surface area contributed by atoms with Crippen molar-refractivity contribution in [2.24, 2.45) is 0 Å². The summed E-state index contributed by atoms with van der Waals surface area (Å²) in [7, 11) is 0. The van der Waals surface area contributed by atoms with E-state index in [9.17, 15) is 4.79 Å². The zero-order valence-electron chi connectivity index (χ0n) is 13.5. The first-order valence-electron chi connectivity index (χ1n) is 8.51. The predicted molar refractivity (Wildman–Crippen MR) is 93.1 cm³/mol. The van der Waals surface area contributed by atoms with Crippen molar-refractivity contribution in [3.63, 3.8) is 0 Å². The van der Waals surface area contributed by atoms with Crippen LogP contribution in [0.25, 0.3) is 6.08 Å². The Balaban J connectivity index is 1.54. The second kappa shape index (κ2) is 6.62. The Morgan fingerprint density at radius 2 is 1.96 bits per heavy atom. The molecule has 2 aromatic rings. The summed E-state index contributed by atoms with van der Waals surface area (Å²) in [6.07, 6.45) is 5.60. The highest BCUT2D eigenvalue weighted by Crippen LogP contribution is 2.31. The third-order valence-electron chi connectivity index (χ3n) is 4.54. The number of fused-ring (bicyclic) bond motifs is 1. The fraction of sp³-hybridized carbons (Fsp3) is 0.286. The molecule has 1 saturated heterocycles. The molecular weight excluding hydrogens is 300 g/mol. The van der Waals surface area contributed by atoms with E-state index in [4.69, 9.17) is 9.47 Å². The molecule has 0 amide bonds. The molecule has 1 heterocycles. The van der Waals surface area contributed by atoms with Gasteiger partial charge in [-0.15, -0.1) is 0 Å². The van der Waals surface area contributed by atoms with Gasteiger partial charge in [-0.3, -0.25) is 4.79 Å². The number of ether oxygens (including phenoxy) is 2. The zero-order valence-corrected chi connectivity index (χ0v) is 13.5. The van der Waals surface area contributed by atoms with Gasteiger partial charge in [-0.2, -0.15) is 0 Å². The Morgan fingerprint density at radius 1 is 1.08 bits per heavy atom. The first kappa shape index (κ1) is 15.2. The number of hydrogen-bond donors (Lipinski definition) is 0. The number of rotatable bonds is 3. The van der Waals surface area contributed by atoms with Crippen LogP contribution in [0.2, 0.25) is 0 Å². The molecule has 1 fully saturated rings. The highest BCUT2D eigenvalue weighted by Gasteiger charge is 2.26. The first-order valence-corrected chi connectivity index (χ1v) is 8.51. The van der Waals surface area contributed by atoms with Gasteiger partial charge in [-0.1, -0.05) is 36.4 Å². The van der Waals surface area contributed by atoms with Gasteiger partial charge in [0.2, 0.25) is 0 Å². The molecule has 4 rings (SSSR count). The van der Waals surface area contributed by atoms with Crippen LogP contribution in [-0.4, -0.2) is 18.7 Å². The van der Waals surface area contributed by atoms with Crippen molar-refractivity contribution >= 4 is 11.9 Å². The standard InChI is InChI=1S/C21H20O3/c22-21-17(12-15-6-2-1-3-7-15)13-16-9-10-18(14-19(16)21)24-20-8-4-5-11-23-20/h1-3,6-7,9-10,12,14,20H,4-5,8,11,13H2/b17-12-. The number of carbonyl (C=O) groups excluding carboxylic acids is 1. The maximum atomic E-state index is 12.7. The van der Waals surface area contributed by atoms with Crippen molar-refractivity contribution < 1.29 is 14.3 Å². The van der Waals surface area contributed by atoms with Gasteiger partial charge in [0.25, 0.3) is 0 Å². The van der Waals surface area contributed by atoms with Crippen LogP contribution in [0.5, 0.6) is 5.75 Å². The van der Waals surface area contributed by atoms with Gasteiger partial charge in [-0.25, -0.2) is 0 Å². The average molecular weight is 320 g/mol. The van der Waals surface area contributed by atoms with E-state index in [0.29, 0.717) is 6.42 Å². The molecule has 0 saturated carbocycles. The molecule has 1 aliphatic carbocycles. The van der Waals surface area contributed by atoms with Crippen LogP contribution in [0.1, 0.15) is 40.7 Å². The lowest BCUT2D eigenvalue weighted by molar-refractivity contribution is -0.105. The number of ketones is 1. The van der Waals surface area contributed by atoms with Crippen molar-refractivity contribution in [1.29, 1.82) is 0 Å². The SMILES string of the molecule is O=C1/C(=C\c2ccccc2)Cc2ccc(OC3CCCCO3)cc21. The van der Waals surface area contributed by atoms with Gasteiger partial charge in [0, 0.05) is 24.0 Å². The molecule has 2 aromatic carbocycles. The fourth-order valence-corrected chi connectivity index (χ4v) is 3.28. The van der Waals surface area contributed by atoms with Crippen LogP contribution >= 0.6 is 0 Å². The smallest absolute Gasteiger partial charge is 0.199 e. The molecule has 3 nitrogen and oxygen atoms in total. The Bertz CT molecular complexity index is 771. The number of allylic oxidation sites excluding steroid dienone is 1. The maximum Gasteiger partial charge on any atom is 0.199 e. The van der Waals surface area contributed by atoms with Gasteiger partial charge in [0.1, 0.15) is 5.75 Å². The molecule has 122 valence electrons. The minimum atomic E-state index is -0.187. The van der Waals surface area contributed by atoms with Crippen molar-refractivity contribution in [2.45, 2.75) is 32.0 Å². The van der Waals surface area contributed by atoms with Gasteiger partial charge in [0.15, 0.2) is 12.1 Å². The molecule has 1 aliphatic heterocycles. The summed E-state index contributed by atoms with van der Waals surface area (Å²) in [5, 5.41) is 0. The Labute approximate surface area is 141 Å². The van der Waals surface area contributed by atoms with Gasteiger partial charge in [-0.05, 0) is 42.2 Å². The Morgan fingerprint density at radius 3 is 2.75 bits per heavy atom. The molecule has 0 radical (unpaired) electrons. The molecule has 1 unspecified atom stereocenters. The molecule has 3 heteroatoms. The topological polar surface area (TPSA) is 35.5 Å². The predicted octanol–water partition coefficient (Wildman–Crippen LogP) is 4.41. The van der Waals surface area contributed by atoms with Crippen molar-refractivity contribution in [2.75, 3.05) is 6.61 Å². The summed E-state index contributed by atoms with van der Waals surface area (Å²) in [6.45, 7) is 0.749. The van der Waals surface area contributed by atoms with Crippen LogP contribution in [0, 0.1) is 0 Å². The minimum absolute atomic E-state index is 0.101. The molecule has 2 aliphatic rings. The third kappa shape index (κ3) is 3.13. The normalized spacial score (nSPS) is 21.8. The van der Waals surface area contributed by atoms with Crippen LogP contribution in [-0.2, 0) is 11.2 Å². The summed E-state index contributed by atoms with van der Waals surface area (Å²) >= 11 is 0. The number of Topliss-reactive ketones (excluding diaryl/α,β-unsaturated/α-hetero) is 1. The van der Waals surface area contributed by atoms with E-state index in [2.05, 4.69) is 0 Å². The quantitative estimate of drug-likeness (QED) is 0.786. The monoisotopic (exact) mass is 320 g/mol. The molecule has 0 N–H and O–H groups in total. The van der Waals surface area contributed by atoms with Crippen LogP contribution in [0.4, 0.5) is 0 Å². The summed E-state index contributed by atoms with van der Waals surface area (Å²) in [5.74, 6) is 0.818. The molecule has 0 bridgehead atoms. The zero-order chi connectivity index (χ0) is 16.4. The van der Waals surface area contributed by atoms with Gasteiger partial charge < -0.3 is 9.47 Å². The highest BCUT2D eigenvalue weighted by atomic mass is 16.7. The fourth-order valence-electron chi connectivity index (χ4n) is 3.28. The van der Waals surface area contributed by atoms with Crippen molar-refractivity contribution in [3.05, 3.63) is 70.8 Å². The van der Waals surface area contributed by atoms with Crippen molar-refractivity contribution in [3.8, 4) is 5.75 Å². The summed E-state index contributed by atoms with van der Waals surface area (Å²) in [4.78, 5) is 12.7. The number of benzene rings is 2. The van der Waals surface area contributed by atoms with E-state index in [-0.39, 0.29) is 12.1 Å². The van der Waals surface area contributed by atoms with E-state index in [1.54, 1.807) is 0 Å². The number of hydrogen-bond acceptors (Lipinski definition) is 3. The van der Waals surface area contributed by atoms with Gasteiger partial charge in [0.05, 0.1) is 6.61 Å². The Hall–Kier alpha value is -2.39. The average Bonchev–Trinajstić information content (AvgIpc) is 2.93. The van der Waals surface area contributed by atoms with Crippen LogP contribution in [0.3, 0.4) is 0 Å². The molecule has 0 aromatic heterocycles. The Kier molecular flexibility index (Phi) is 4.18. The van der Waals surface area contributed by atoms with Crippen molar-refractivity contribution in [1.82, 2.24) is 0 Å². The second-order valence-electron chi connectivity index (χ2n) is 6.32. The van der Waals surface area contributed by atoms with Gasteiger partial charge >= 0.3 is 0 Å². The maximum absolute atomic E-state index is 12.7. The van der Waals surface area contributed by atoms with E-state index in [0.717, 1.165) is 53.9 Å². The van der Waals surface area contributed by atoms with E-state index >= 15 is 0 Å². The molecule has 1 atom stereocenters. The third-order valence-corrected chi connectivity index (χ3v) is 4.54. The lowest BCUT2D eigenvalue weighted by Crippen LogP contribution is -2.25. The van der Waals surface area contributed by atoms with E-state index < -0.39 is 0 Å². The highest BCUT2D eigenvalue weighted by molar-refractivity contribution is 6.15. The van der Waals surface area contributed by atoms with Crippen LogP contribution < -0.4 is 4.74 Å². The molecule has 24 heavy (non-hydrogen) atoms. The minimum Gasteiger partial charge on any atom is -0.465 e. The second-order valence-corrected chi connectivity index (χ2v) is 6.32. The lowest BCUT2D eigenvalue weighted by Gasteiger charge is -2.23. The lowest BCUT2D eigenvalue weighted by atomic mass is 10.1. The first-order chi connectivity index (χ1) is 11.8. The van der Waals surface area contributed by atoms with Crippen LogP contribution in [0.15, 0.2) is 54.1 Å². The summed E-state index contributed by atoms with van der Waals surface area (Å²) < 4.78 is 11.5. The van der Waals surface area contributed by atoms with E-state index in [1.807, 2.05) is 54.6 Å². The largest absolute Gasteiger partial charge is 0.465 e. The van der Waals surface area contributed by atoms with E-state index in [1.165, 1.54) is 0 Å².